The molecular weight excluding hydrogens is 364 g/mol. The predicted molar refractivity (Wildman–Crippen MR) is 117 cm³/mol. The summed E-state index contributed by atoms with van der Waals surface area (Å²) in [6, 6.07) is 12.7. The Balaban J connectivity index is 1.72. The van der Waals surface area contributed by atoms with Gasteiger partial charge in [-0.15, -0.1) is 11.3 Å². The van der Waals surface area contributed by atoms with Gasteiger partial charge >= 0.3 is 0 Å². The Morgan fingerprint density at radius 2 is 1.46 bits per heavy atom. The fourth-order valence-electron chi connectivity index (χ4n) is 4.79. The van der Waals surface area contributed by atoms with Crippen molar-refractivity contribution >= 4 is 17.1 Å². The number of hydrogen-bond donors (Lipinski definition) is 0. The third-order valence-electron chi connectivity index (χ3n) is 6.31. The molecule has 2 aliphatic heterocycles. The maximum atomic E-state index is 13.9. The molecule has 2 saturated heterocycles. The number of Topliss-reactive ketones (excluding diaryl/α,β-unsaturated/α-hetero) is 1. The van der Waals surface area contributed by atoms with Crippen LogP contribution in [0.1, 0.15) is 65.4 Å². The zero-order chi connectivity index (χ0) is 19.3. The quantitative estimate of drug-likeness (QED) is 0.617. The first kappa shape index (κ1) is 19.8. The lowest BCUT2D eigenvalue weighted by Crippen LogP contribution is -2.53. The van der Waals surface area contributed by atoms with Crippen LogP contribution in [-0.4, -0.2) is 47.8 Å². The van der Waals surface area contributed by atoms with Crippen LogP contribution in [-0.2, 0) is 0 Å². The van der Waals surface area contributed by atoms with Crippen LogP contribution in [0, 0.1) is 6.92 Å². The number of thiophene rings is 1. The highest BCUT2D eigenvalue weighted by atomic mass is 32.1. The molecule has 2 aliphatic rings. The fourth-order valence-corrected chi connectivity index (χ4v) is 5.67. The van der Waals surface area contributed by atoms with Crippen LogP contribution < -0.4 is 0 Å². The Bertz CT molecular complexity index is 743. The van der Waals surface area contributed by atoms with E-state index in [1.165, 1.54) is 49.0 Å². The fraction of sp³-hybridized carbons (Fsp3) is 0.542. The van der Waals surface area contributed by atoms with E-state index in [9.17, 15) is 4.79 Å². The summed E-state index contributed by atoms with van der Waals surface area (Å²) in [7, 11) is 0. The van der Waals surface area contributed by atoms with Crippen LogP contribution in [0.5, 0.6) is 0 Å². The number of rotatable bonds is 6. The molecule has 28 heavy (non-hydrogen) atoms. The molecule has 4 rings (SSSR count). The van der Waals surface area contributed by atoms with E-state index in [2.05, 4.69) is 46.4 Å². The maximum Gasteiger partial charge on any atom is 0.181 e. The number of benzene rings is 1. The first-order chi connectivity index (χ1) is 13.7. The number of carbonyl (C=O) groups excluding carboxylic acids is 1. The monoisotopic (exact) mass is 396 g/mol. The van der Waals surface area contributed by atoms with Gasteiger partial charge in [0, 0.05) is 10.4 Å². The number of likely N-dealkylation sites (tertiary alicyclic amines) is 2. The summed E-state index contributed by atoms with van der Waals surface area (Å²) in [4.78, 5) is 20.3. The molecule has 0 unspecified atom stereocenters. The number of ketones is 1. The molecule has 4 heteroatoms. The number of hydrogen-bond acceptors (Lipinski definition) is 4. The van der Waals surface area contributed by atoms with Gasteiger partial charge in [-0.25, -0.2) is 0 Å². The van der Waals surface area contributed by atoms with Crippen molar-refractivity contribution in [2.75, 3.05) is 26.2 Å². The molecule has 0 aliphatic carbocycles. The highest BCUT2D eigenvalue weighted by Crippen LogP contribution is 2.35. The maximum absolute atomic E-state index is 13.9. The summed E-state index contributed by atoms with van der Waals surface area (Å²) in [5.74, 6) is 0.297. The summed E-state index contributed by atoms with van der Waals surface area (Å²) in [5, 5.41) is 2.16. The van der Waals surface area contributed by atoms with Crippen LogP contribution in [0.3, 0.4) is 0 Å². The standard InChI is InChI=1S/C24H32N2OS/c1-19-10-12-20(13-11-19)24(27)23(26-16-6-3-7-17-26)22(21-9-8-18-28-21)25-14-4-2-5-15-25/h8-13,18,22-23H,2-7,14-17H2,1H3/t22-,23+/m1/s1. The zero-order valence-corrected chi connectivity index (χ0v) is 17.8. The average molecular weight is 397 g/mol. The van der Waals surface area contributed by atoms with Crippen molar-refractivity contribution in [1.82, 2.24) is 9.80 Å². The smallest absolute Gasteiger partial charge is 0.181 e. The summed E-state index contributed by atoms with van der Waals surface area (Å²) in [6.45, 7) is 6.37. The minimum absolute atomic E-state index is 0.0836. The molecule has 0 spiro atoms. The van der Waals surface area contributed by atoms with Gasteiger partial charge in [-0.05, 0) is 70.2 Å². The van der Waals surface area contributed by atoms with Gasteiger partial charge in [-0.2, -0.15) is 0 Å². The Morgan fingerprint density at radius 3 is 2.04 bits per heavy atom. The second-order valence-electron chi connectivity index (χ2n) is 8.33. The molecule has 1 aromatic heterocycles. The van der Waals surface area contributed by atoms with Gasteiger partial charge in [0.15, 0.2) is 5.78 Å². The second kappa shape index (κ2) is 9.34. The lowest BCUT2D eigenvalue weighted by atomic mass is 9.91. The van der Waals surface area contributed by atoms with Crippen LogP contribution in [0.4, 0.5) is 0 Å². The van der Waals surface area contributed by atoms with E-state index in [0.717, 1.165) is 31.7 Å². The Morgan fingerprint density at radius 1 is 0.857 bits per heavy atom. The van der Waals surface area contributed by atoms with Gasteiger partial charge in [-0.1, -0.05) is 48.7 Å². The van der Waals surface area contributed by atoms with E-state index in [0.29, 0.717) is 5.78 Å². The van der Waals surface area contributed by atoms with Crippen LogP contribution >= 0.6 is 11.3 Å². The highest BCUT2D eigenvalue weighted by molar-refractivity contribution is 7.10. The van der Waals surface area contributed by atoms with Gasteiger partial charge in [-0.3, -0.25) is 14.6 Å². The van der Waals surface area contributed by atoms with Gasteiger partial charge < -0.3 is 0 Å². The SMILES string of the molecule is Cc1ccc(C(=O)[C@H]([C@@H](c2cccs2)N2CCCCC2)N2CCCCC2)cc1. The summed E-state index contributed by atoms with van der Waals surface area (Å²) >= 11 is 1.81. The van der Waals surface area contributed by atoms with Gasteiger partial charge in [0.1, 0.15) is 0 Å². The topological polar surface area (TPSA) is 23.6 Å². The molecule has 0 saturated carbocycles. The van der Waals surface area contributed by atoms with Crippen molar-refractivity contribution in [3.8, 4) is 0 Å². The number of nitrogens with zero attached hydrogens (tertiary/aromatic N) is 2. The van der Waals surface area contributed by atoms with Crippen molar-refractivity contribution in [3.63, 3.8) is 0 Å². The Kier molecular flexibility index (Phi) is 6.61. The number of aryl methyl sites for hydroxylation is 1. The molecule has 3 heterocycles. The Labute approximate surface area is 173 Å². The summed E-state index contributed by atoms with van der Waals surface area (Å²) in [5.41, 5.74) is 2.07. The molecule has 2 fully saturated rings. The first-order valence-corrected chi connectivity index (χ1v) is 11.7. The summed E-state index contributed by atoms with van der Waals surface area (Å²) < 4.78 is 0. The van der Waals surface area contributed by atoms with Gasteiger partial charge in [0.2, 0.25) is 0 Å². The first-order valence-electron chi connectivity index (χ1n) is 10.9. The van der Waals surface area contributed by atoms with Crippen molar-refractivity contribution in [1.29, 1.82) is 0 Å². The molecule has 2 atom stereocenters. The summed E-state index contributed by atoms with van der Waals surface area (Å²) in [6.07, 6.45) is 7.49. The van der Waals surface area contributed by atoms with Crippen molar-refractivity contribution < 1.29 is 4.79 Å². The van der Waals surface area contributed by atoms with E-state index in [1.54, 1.807) is 0 Å². The molecular formula is C24H32N2OS. The third-order valence-corrected chi connectivity index (χ3v) is 7.25. The van der Waals surface area contributed by atoms with E-state index in [4.69, 9.17) is 0 Å². The Hall–Kier alpha value is -1.49. The highest BCUT2D eigenvalue weighted by Gasteiger charge is 2.39. The van der Waals surface area contributed by atoms with E-state index in [1.807, 2.05) is 23.5 Å². The third kappa shape index (κ3) is 4.40. The molecule has 0 bridgehead atoms. The molecule has 0 amide bonds. The minimum atomic E-state index is -0.0836. The lowest BCUT2D eigenvalue weighted by Gasteiger charge is -2.44. The van der Waals surface area contributed by atoms with E-state index in [-0.39, 0.29) is 12.1 Å². The average Bonchev–Trinajstić information content (AvgIpc) is 3.27. The van der Waals surface area contributed by atoms with Crippen LogP contribution in [0.25, 0.3) is 0 Å². The van der Waals surface area contributed by atoms with Crippen LogP contribution in [0.15, 0.2) is 41.8 Å². The second-order valence-corrected chi connectivity index (χ2v) is 9.31. The van der Waals surface area contributed by atoms with Gasteiger partial charge in [0.25, 0.3) is 0 Å². The van der Waals surface area contributed by atoms with E-state index < -0.39 is 0 Å². The zero-order valence-electron chi connectivity index (χ0n) is 17.0. The van der Waals surface area contributed by atoms with Crippen molar-refractivity contribution in [2.24, 2.45) is 0 Å². The van der Waals surface area contributed by atoms with Crippen molar-refractivity contribution in [3.05, 3.63) is 57.8 Å². The molecule has 2 aromatic rings. The van der Waals surface area contributed by atoms with Crippen LogP contribution in [0.2, 0.25) is 0 Å². The van der Waals surface area contributed by atoms with E-state index >= 15 is 0 Å². The molecule has 3 nitrogen and oxygen atoms in total. The van der Waals surface area contributed by atoms with Crippen molar-refractivity contribution in [2.45, 2.75) is 57.5 Å². The normalized spacial score (nSPS) is 21.3. The number of piperidine rings is 2. The lowest BCUT2D eigenvalue weighted by molar-refractivity contribution is 0.0435. The molecule has 0 radical (unpaired) electrons. The molecule has 1 aromatic carbocycles. The largest absolute Gasteiger partial charge is 0.294 e. The molecule has 150 valence electrons. The molecule has 0 N–H and O–H groups in total. The predicted octanol–water partition coefficient (Wildman–Crippen LogP) is 5.32. The number of carbonyl (C=O) groups is 1. The van der Waals surface area contributed by atoms with Gasteiger partial charge in [0.05, 0.1) is 12.1 Å². The minimum Gasteiger partial charge on any atom is -0.294 e.